The number of amides is 1. The second-order valence-electron chi connectivity index (χ2n) is 3.41. The molecule has 1 aliphatic rings. The quantitative estimate of drug-likeness (QED) is 0.428. The van der Waals surface area contributed by atoms with Crippen molar-refractivity contribution in [2.75, 3.05) is 6.54 Å². The first-order valence-electron chi connectivity index (χ1n) is 4.42. The summed E-state index contributed by atoms with van der Waals surface area (Å²) >= 11 is 0. The van der Waals surface area contributed by atoms with Crippen molar-refractivity contribution in [3.63, 3.8) is 0 Å². The molecule has 6 nitrogen and oxygen atoms in total. The van der Waals surface area contributed by atoms with Crippen molar-refractivity contribution in [1.29, 1.82) is 0 Å². The highest BCUT2D eigenvalue weighted by molar-refractivity contribution is 5.74. The van der Waals surface area contributed by atoms with Gasteiger partial charge in [0.15, 0.2) is 0 Å². The number of aliphatic carboxylic acids is 1. The van der Waals surface area contributed by atoms with Gasteiger partial charge in [-0.15, -0.1) is 0 Å². The van der Waals surface area contributed by atoms with E-state index in [9.17, 15) is 14.7 Å². The van der Waals surface area contributed by atoms with Gasteiger partial charge in [0.25, 0.3) is 0 Å². The van der Waals surface area contributed by atoms with E-state index in [1.165, 1.54) is 6.92 Å². The lowest BCUT2D eigenvalue weighted by molar-refractivity contribution is -0.141. The minimum Gasteiger partial charge on any atom is -0.480 e. The molecule has 1 heterocycles. The van der Waals surface area contributed by atoms with Crippen LogP contribution in [0.5, 0.6) is 0 Å². The maximum Gasteiger partial charge on any atom is 0.320 e. The Morgan fingerprint density at radius 1 is 1.50 bits per heavy atom. The van der Waals surface area contributed by atoms with Crippen LogP contribution in [0, 0.1) is 0 Å². The van der Waals surface area contributed by atoms with Crippen molar-refractivity contribution < 1.29 is 19.8 Å². The normalized spacial score (nSPS) is 32.3. The van der Waals surface area contributed by atoms with E-state index in [0.29, 0.717) is 0 Å². The third kappa shape index (κ3) is 2.68. The molecule has 14 heavy (non-hydrogen) atoms. The van der Waals surface area contributed by atoms with Gasteiger partial charge in [0.1, 0.15) is 6.04 Å². The number of carbonyl (C=O) groups is 2. The molecule has 0 aromatic rings. The van der Waals surface area contributed by atoms with Crippen LogP contribution in [-0.4, -0.2) is 46.8 Å². The van der Waals surface area contributed by atoms with Gasteiger partial charge in [-0.3, -0.25) is 9.59 Å². The molecule has 1 amide bonds. The molecule has 3 atom stereocenters. The summed E-state index contributed by atoms with van der Waals surface area (Å²) in [5.41, 5.74) is 0. The maximum absolute atomic E-state index is 10.7. The molecular weight excluding hydrogens is 188 g/mol. The molecule has 4 N–H and O–H groups in total. The fourth-order valence-electron chi connectivity index (χ4n) is 1.49. The number of hydrogen-bond donors (Lipinski definition) is 4. The van der Waals surface area contributed by atoms with Gasteiger partial charge in [-0.25, -0.2) is 0 Å². The van der Waals surface area contributed by atoms with Crippen LogP contribution in [0.15, 0.2) is 0 Å². The highest BCUT2D eigenvalue weighted by Gasteiger charge is 2.32. The van der Waals surface area contributed by atoms with Gasteiger partial charge in [0, 0.05) is 19.9 Å². The van der Waals surface area contributed by atoms with Crippen molar-refractivity contribution in [1.82, 2.24) is 10.6 Å². The second-order valence-corrected chi connectivity index (χ2v) is 3.41. The largest absolute Gasteiger partial charge is 0.480 e. The fourth-order valence-corrected chi connectivity index (χ4v) is 1.49. The summed E-state index contributed by atoms with van der Waals surface area (Å²) in [7, 11) is 0. The Bertz CT molecular complexity index is 243. The fraction of sp³-hybridized carbons (Fsp3) is 0.750. The average molecular weight is 202 g/mol. The molecule has 0 aromatic heterocycles. The second kappa shape index (κ2) is 4.39. The van der Waals surface area contributed by atoms with E-state index in [4.69, 9.17) is 5.11 Å². The number of carbonyl (C=O) groups excluding carboxylic acids is 1. The molecule has 0 spiro atoms. The molecule has 80 valence electrons. The molecular formula is C8H14N2O4. The lowest BCUT2D eigenvalue weighted by Crippen LogP contribution is -2.58. The van der Waals surface area contributed by atoms with Crippen LogP contribution in [-0.2, 0) is 9.59 Å². The average Bonchev–Trinajstić information content (AvgIpc) is 2.07. The van der Waals surface area contributed by atoms with Gasteiger partial charge in [0.2, 0.25) is 5.91 Å². The molecule has 1 rings (SSSR count). The van der Waals surface area contributed by atoms with Crippen LogP contribution < -0.4 is 10.6 Å². The zero-order chi connectivity index (χ0) is 10.7. The van der Waals surface area contributed by atoms with Crippen LogP contribution in [0.4, 0.5) is 0 Å². The first-order chi connectivity index (χ1) is 6.50. The number of hydrogen-bond acceptors (Lipinski definition) is 4. The first-order valence-corrected chi connectivity index (χ1v) is 4.42. The molecule has 0 radical (unpaired) electrons. The highest BCUT2D eigenvalue weighted by atomic mass is 16.4. The summed E-state index contributed by atoms with van der Waals surface area (Å²) in [6, 6.07) is -1.13. The van der Waals surface area contributed by atoms with Crippen LogP contribution in [0.25, 0.3) is 0 Å². The standard InChI is InChI=1S/C8H14N2O4/c1-4(11)10-6-3-9-5(8(13)14)2-7(6)12/h5-7,9,12H,2-3H2,1H3,(H,10,11)(H,13,14)/t5-,6+,7-/m1/s1. The molecule has 1 saturated heterocycles. The summed E-state index contributed by atoms with van der Waals surface area (Å²) in [4.78, 5) is 21.3. The van der Waals surface area contributed by atoms with E-state index in [1.807, 2.05) is 0 Å². The number of carboxylic acid groups (broad SMARTS) is 1. The van der Waals surface area contributed by atoms with Gasteiger partial charge in [-0.05, 0) is 0 Å². The first kappa shape index (κ1) is 10.9. The molecule has 1 aliphatic heterocycles. The summed E-state index contributed by atoms with van der Waals surface area (Å²) in [5, 5.41) is 23.5. The topological polar surface area (TPSA) is 98.7 Å². The monoisotopic (exact) mass is 202 g/mol. The van der Waals surface area contributed by atoms with Crippen LogP contribution in [0.2, 0.25) is 0 Å². The third-order valence-electron chi connectivity index (χ3n) is 2.21. The van der Waals surface area contributed by atoms with E-state index in [1.54, 1.807) is 0 Å². The van der Waals surface area contributed by atoms with Gasteiger partial charge >= 0.3 is 5.97 Å². The number of aliphatic hydroxyl groups excluding tert-OH is 1. The number of rotatable bonds is 2. The molecule has 0 unspecified atom stereocenters. The summed E-state index contributed by atoms with van der Waals surface area (Å²) in [5.74, 6) is -1.21. The Morgan fingerprint density at radius 3 is 2.57 bits per heavy atom. The maximum atomic E-state index is 10.7. The van der Waals surface area contributed by atoms with Gasteiger partial charge in [0.05, 0.1) is 12.1 Å². The lowest BCUT2D eigenvalue weighted by atomic mass is 9.97. The molecule has 0 bridgehead atoms. The third-order valence-corrected chi connectivity index (χ3v) is 2.21. The summed E-state index contributed by atoms with van der Waals surface area (Å²) in [6.45, 7) is 1.63. The minimum atomic E-state index is -0.981. The number of piperidine rings is 1. The van der Waals surface area contributed by atoms with E-state index in [2.05, 4.69) is 10.6 Å². The highest BCUT2D eigenvalue weighted by Crippen LogP contribution is 2.09. The van der Waals surface area contributed by atoms with Crippen LogP contribution in [0.1, 0.15) is 13.3 Å². The van der Waals surface area contributed by atoms with Crippen molar-refractivity contribution in [3.05, 3.63) is 0 Å². The predicted molar refractivity (Wildman–Crippen MR) is 47.7 cm³/mol. The van der Waals surface area contributed by atoms with Crippen molar-refractivity contribution >= 4 is 11.9 Å². The lowest BCUT2D eigenvalue weighted by Gasteiger charge is -2.32. The number of aliphatic hydroxyl groups is 1. The van der Waals surface area contributed by atoms with E-state index in [0.717, 1.165) is 0 Å². The van der Waals surface area contributed by atoms with E-state index < -0.39 is 24.2 Å². The van der Waals surface area contributed by atoms with Crippen molar-refractivity contribution in [2.45, 2.75) is 31.5 Å². The van der Waals surface area contributed by atoms with Gasteiger partial charge in [-0.1, -0.05) is 0 Å². The zero-order valence-corrected chi connectivity index (χ0v) is 7.86. The van der Waals surface area contributed by atoms with Crippen molar-refractivity contribution in [2.24, 2.45) is 0 Å². The van der Waals surface area contributed by atoms with Crippen molar-refractivity contribution in [3.8, 4) is 0 Å². The number of nitrogens with one attached hydrogen (secondary N) is 2. The Kier molecular flexibility index (Phi) is 3.43. The predicted octanol–water partition coefficient (Wildman–Crippen LogP) is -1.70. The molecule has 1 fully saturated rings. The summed E-state index contributed by atoms with van der Waals surface area (Å²) < 4.78 is 0. The molecule has 0 aromatic carbocycles. The Balaban J connectivity index is 2.47. The van der Waals surface area contributed by atoms with Crippen LogP contribution >= 0.6 is 0 Å². The molecule has 6 heteroatoms. The van der Waals surface area contributed by atoms with E-state index >= 15 is 0 Å². The Hall–Kier alpha value is -1.14. The SMILES string of the molecule is CC(=O)N[C@H]1CN[C@@H](C(=O)O)C[C@H]1O. The molecule has 0 aliphatic carbocycles. The summed E-state index contributed by atoms with van der Waals surface area (Å²) in [6.07, 6.45) is -0.693. The Morgan fingerprint density at radius 2 is 2.14 bits per heavy atom. The smallest absolute Gasteiger partial charge is 0.320 e. The van der Waals surface area contributed by atoms with E-state index in [-0.39, 0.29) is 18.9 Å². The number of carboxylic acids is 1. The van der Waals surface area contributed by atoms with Gasteiger partial charge in [-0.2, -0.15) is 0 Å². The van der Waals surface area contributed by atoms with Crippen LogP contribution in [0.3, 0.4) is 0 Å². The minimum absolute atomic E-state index is 0.111. The Labute approximate surface area is 81.3 Å². The molecule has 0 saturated carbocycles. The van der Waals surface area contributed by atoms with Gasteiger partial charge < -0.3 is 20.8 Å². The zero-order valence-electron chi connectivity index (χ0n) is 7.86.